The minimum atomic E-state index is -0.146. The predicted octanol–water partition coefficient (Wildman–Crippen LogP) is 5.06. The van der Waals surface area contributed by atoms with E-state index >= 15 is 0 Å². The molecule has 0 nitrogen and oxygen atoms in total. The molecule has 4 bridgehead atoms. The van der Waals surface area contributed by atoms with Crippen LogP contribution in [0.1, 0.15) is 44.1 Å². The van der Waals surface area contributed by atoms with Crippen LogP contribution >= 0.6 is 0 Å². The van der Waals surface area contributed by atoms with Gasteiger partial charge in [0.15, 0.2) is 0 Å². The van der Waals surface area contributed by atoms with E-state index in [-0.39, 0.29) is 5.82 Å². The largest absolute Gasteiger partial charge is 0.207 e. The first kappa shape index (κ1) is 11.7. The lowest BCUT2D eigenvalue weighted by molar-refractivity contribution is -0.0232. The van der Waals surface area contributed by atoms with Crippen molar-refractivity contribution >= 4 is 6.08 Å². The molecule has 100 valence electrons. The van der Waals surface area contributed by atoms with Crippen LogP contribution in [0, 0.1) is 29.0 Å². The normalized spacial score (nSPS) is 40.2. The van der Waals surface area contributed by atoms with E-state index < -0.39 is 0 Å². The van der Waals surface area contributed by atoms with Crippen molar-refractivity contribution in [1.82, 2.24) is 0 Å². The third kappa shape index (κ3) is 2.13. The molecule has 4 aliphatic carbocycles. The number of hydrogen-bond acceptors (Lipinski definition) is 0. The van der Waals surface area contributed by atoms with Gasteiger partial charge in [-0.25, -0.2) is 4.39 Å². The van der Waals surface area contributed by atoms with Gasteiger partial charge in [0.05, 0.1) is 0 Å². The number of rotatable bonds is 2. The van der Waals surface area contributed by atoms with Crippen LogP contribution in [-0.2, 0) is 0 Å². The molecule has 0 atom stereocenters. The fourth-order valence-corrected chi connectivity index (χ4v) is 5.23. The molecule has 0 N–H and O–H groups in total. The summed E-state index contributed by atoms with van der Waals surface area (Å²) in [6.45, 7) is 0. The molecular formula is C18H21F. The highest BCUT2D eigenvalue weighted by atomic mass is 19.1. The van der Waals surface area contributed by atoms with Gasteiger partial charge in [-0.2, -0.15) is 0 Å². The van der Waals surface area contributed by atoms with E-state index in [9.17, 15) is 4.39 Å². The summed E-state index contributed by atoms with van der Waals surface area (Å²) >= 11 is 0. The number of benzene rings is 1. The molecule has 0 heterocycles. The van der Waals surface area contributed by atoms with Gasteiger partial charge in [-0.05, 0) is 79.4 Å². The molecule has 0 aromatic heterocycles. The summed E-state index contributed by atoms with van der Waals surface area (Å²) in [6, 6.07) is 6.87. The van der Waals surface area contributed by atoms with Crippen LogP contribution < -0.4 is 0 Å². The molecule has 4 fully saturated rings. The van der Waals surface area contributed by atoms with Crippen molar-refractivity contribution in [2.24, 2.45) is 23.2 Å². The van der Waals surface area contributed by atoms with Crippen molar-refractivity contribution < 1.29 is 4.39 Å². The van der Waals surface area contributed by atoms with Crippen molar-refractivity contribution in [2.45, 2.75) is 38.5 Å². The molecule has 5 rings (SSSR count). The van der Waals surface area contributed by atoms with Crippen LogP contribution in [0.4, 0.5) is 4.39 Å². The monoisotopic (exact) mass is 256 g/mol. The summed E-state index contributed by atoms with van der Waals surface area (Å²) in [5.41, 5.74) is 1.61. The second-order valence-electron chi connectivity index (χ2n) is 7.16. The Bertz CT molecular complexity index is 462. The van der Waals surface area contributed by atoms with E-state index in [2.05, 4.69) is 12.2 Å². The molecule has 4 saturated carbocycles. The summed E-state index contributed by atoms with van der Waals surface area (Å²) in [7, 11) is 0. The van der Waals surface area contributed by atoms with Gasteiger partial charge in [-0.3, -0.25) is 0 Å². The molecule has 19 heavy (non-hydrogen) atoms. The van der Waals surface area contributed by atoms with Gasteiger partial charge in [0.25, 0.3) is 0 Å². The Kier molecular flexibility index (Phi) is 2.58. The minimum absolute atomic E-state index is 0.146. The van der Waals surface area contributed by atoms with Gasteiger partial charge in [0, 0.05) is 0 Å². The maximum Gasteiger partial charge on any atom is 0.123 e. The molecule has 0 aliphatic heterocycles. The molecule has 1 heteroatoms. The van der Waals surface area contributed by atoms with Crippen LogP contribution in [0.3, 0.4) is 0 Å². The lowest BCUT2D eigenvalue weighted by Crippen LogP contribution is -2.44. The quantitative estimate of drug-likeness (QED) is 0.694. The van der Waals surface area contributed by atoms with E-state index in [0.717, 1.165) is 23.3 Å². The molecule has 0 radical (unpaired) electrons. The van der Waals surface area contributed by atoms with Crippen LogP contribution in [0.5, 0.6) is 0 Å². The minimum Gasteiger partial charge on any atom is -0.207 e. The van der Waals surface area contributed by atoms with E-state index in [0.29, 0.717) is 5.41 Å². The number of hydrogen-bond donors (Lipinski definition) is 0. The summed E-state index contributed by atoms with van der Waals surface area (Å²) in [5.74, 6) is 2.82. The summed E-state index contributed by atoms with van der Waals surface area (Å²) in [6.07, 6.45) is 13.4. The zero-order valence-corrected chi connectivity index (χ0v) is 11.3. The SMILES string of the molecule is Fc1ccc(/C=C/C23CC4CC(CC(C4)C2)C3)cc1. The van der Waals surface area contributed by atoms with Gasteiger partial charge in [0.2, 0.25) is 0 Å². The molecule has 4 aliphatic rings. The summed E-state index contributed by atoms with van der Waals surface area (Å²) in [5, 5.41) is 0. The maximum atomic E-state index is 12.9. The first-order chi connectivity index (χ1) is 9.21. The highest BCUT2D eigenvalue weighted by molar-refractivity contribution is 5.50. The smallest absolute Gasteiger partial charge is 0.123 e. The number of halogens is 1. The number of allylic oxidation sites excluding steroid dienone is 1. The highest BCUT2D eigenvalue weighted by Gasteiger charge is 2.49. The fraction of sp³-hybridized carbons (Fsp3) is 0.556. The van der Waals surface area contributed by atoms with Crippen molar-refractivity contribution in [1.29, 1.82) is 0 Å². The first-order valence-electron chi connectivity index (χ1n) is 7.66. The Hall–Kier alpha value is -1.11. The van der Waals surface area contributed by atoms with Crippen LogP contribution in [0.2, 0.25) is 0 Å². The standard InChI is InChI=1S/C18H21F/c19-17-3-1-13(2-4-17)5-6-18-10-14-7-15(11-18)9-16(8-14)12-18/h1-6,14-16H,7-12H2/b6-5+. The highest BCUT2D eigenvalue weighted by Crippen LogP contribution is 2.60. The van der Waals surface area contributed by atoms with Crippen molar-refractivity contribution in [2.75, 3.05) is 0 Å². The average Bonchev–Trinajstić information content (AvgIpc) is 2.36. The van der Waals surface area contributed by atoms with Crippen molar-refractivity contribution in [3.05, 3.63) is 41.7 Å². The average molecular weight is 256 g/mol. The molecule has 0 unspecified atom stereocenters. The van der Waals surface area contributed by atoms with Gasteiger partial charge in [0.1, 0.15) is 5.82 Å². The Morgan fingerprint density at radius 2 is 1.42 bits per heavy atom. The topological polar surface area (TPSA) is 0 Å². The van der Waals surface area contributed by atoms with Gasteiger partial charge in [-0.15, -0.1) is 0 Å². The molecule has 0 saturated heterocycles. The lowest BCUT2D eigenvalue weighted by atomic mass is 9.49. The van der Waals surface area contributed by atoms with Crippen LogP contribution in [0.25, 0.3) is 6.08 Å². The maximum absolute atomic E-state index is 12.9. The second-order valence-corrected chi connectivity index (χ2v) is 7.16. The van der Waals surface area contributed by atoms with Gasteiger partial charge >= 0.3 is 0 Å². The van der Waals surface area contributed by atoms with Crippen molar-refractivity contribution in [3.63, 3.8) is 0 Å². The van der Waals surface area contributed by atoms with Gasteiger partial charge in [-0.1, -0.05) is 24.3 Å². The first-order valence-corrected chi connectivity index (χ1v) is 7.66. The molecule has 1 aromatic rings. The molecular weight excluding hydrogens is 235 g/mol. The van der Waals surface area contributed by atoms with Crippen LogP contribution in [-0.4, -0.2) is 0 Å². The molecule has 0 spiro atoms. The Labute approximate surface area is 114 Å². The van der Waals surface area contributed by atoms with E-state index in [1.165, 1.54) is 38.5 Å². The van der Waals surface area contributed by atoms with Crippen LogP contribution in [0.15, 0.2) is 30.3 Å². The van der Waals surface area contributed by atoms with Gasteiger partial charge < -0.3 is 0 Å². The predicted molar refractivity (Wildman–Crippen MR) is 76.0 cm³/mol. The Morgan fingerprint density at radius 1 is 0.895 bits per heavy atom. The lowest BCUT2D eigenvalue weighted by Gasteiger charge is -2.55. The zero-order valence-electron chi connectivity index (χ0n) is 11.3. The second kappa shape index (κ2) is 4.19. The van der Waals surface area contributed by atoms with E-state index in [4.69, 9.17) is 0 Å². The Balaban J connectivity index is 1.57. The molecule has 0 amide bonds. The third-order valence-electron chi connectivity index (χ3n) is 5.58. The molecule has 1 aromatic carbocycles. The third-order valence-corrected chi connectivity index (χ3v) is 5.58. The fourth-order valence-electron chi connectivity index (χ4n) is 5.23. The Morgan fingerprint density at radius 3 is 1.95 bits per heavy atom. The van der Waals surface area contributed by atoms with E-state index in [1.807, 2.05) is 12.1 Å². The zero-order chi connectivity index (χ0) is 12.9. The summed E-state index contributed by atoms with van der Waals surface area (Å²) < 4.78 is 12.9. The van der Waals surface area contributed by atoms with E-state index in [1.54, 1.807) is 12.1 Å². The summed E-state index contributed by atoms with van der Waals surface area (Å²) in [4.78, 5) is 0. The van der Waals surface area contributed by atoms with Crippen molar-refractivity contribution in [3.8, 4) is 0 Å².